The van der Waals surface area contributed by atoms with Gasteiger partial charge in [0, 0.05) is 19.6 Å². The molecule has 0 unspecified atom stereocenters. The Balaban J connectivity index is 2.14. The third-order valence-electron chi connectivity index (χ3n) is 3.65. The van der Waals surface area contributed by atoms with Crippen molar-refractivity contribution in [3.8, 4) is 0 Å². The van der Waals surface area contributed by atoms with E-state index in [2.05, 4.69) is 10.2 Å². The number of hydrogen-bond donors (Lipinski definition) is 1. The summed E-state index contributed by atoms with van der Waals surface area (Å²) in [5.74, 6) is -0.104. The van der Waals surface area contributed by atoms with Crippen LogP contribution in [0.5, 0.6) is 0 Å². The van der Waals surface area contributed by atoms with Gasteiger partial charge in [-0.3, -0.25) is 0 Å². The van der Waals surface area contributed by atoms with E-state index in [9.17, 15) is 4.39 Å². The molecule has 0 aliphatic heterocycles. The second kappa shape index (κ2) is 5.50. The maximum Gasteiger partial charge on any atom is 0.146 e. The van der Waals surface area contributed by atoms with Gasteiger partial charge < -0.3 is 10.2 Å². The van der Waals surface area contributed by atoms with E-state index in [1.54, 1.807) is 6.07 Å². The SMILES string of the molecule is CNCc1ccc(N(C)C2CCCC2)c(F)c1. The zero-order valence-corrected chi connectivity index (χ0v) is 10.7. The number of anilines is 1. The number of rotatable bonds is 4. The van der Waals surface area contributed by atoms with Crippen molar-refractivity contribution in [1.82, 2.24) is 5.32 Å². The van der Waals surface area contributed by atoms with Gasteiger partial charge in [0.25, 0.3) is 0 Å². The van der Waals surface area contributed by atoms with Gasteiger partial charge in [0.2, 0.25) is 0 Å². The van der Waals surface area contributed by atoms with Crippen LogP contribution in [0.1, 0.15) is 31.2 Å². The summed E-state index contributed by atoms with van der Waals surface area (Å²) in [7, 11) is 3.88. The molecule has 0 atom stereocenters. The Bertz CT molecular complexity index is 372. The molecule has 3 heteroatoms. The third-order valence-corrected chi connectivity index (χ3v) is 3.65. The van der Waals surface area contributed by atoms with Crippen LogP contribution in [0, 0.1) is 5.82 Å². The van der Waals surface area contributed by atoms with Gasteiger partial charge in [-0.05, 0) is 37.6 Å². The molecule has 17 heavy (non-hydrogen) atoms. The standard InChI is InChI=1S/C14H21FN2/c1-16-10-11-7-8-14(13(15)9-11)17(2)12-5-3-4-6-12/h7-9,12,16H,3-6,10H2,1-2H3. The second-order valence-corrected chi connectivity index (χ2v) is 4.87. The van der Waals surface area contributed by atoms with Gasteiger partial charge in [0.1, 0.15) is 5.82 Å². The van der Waals surface area contributed by atoms with E-state index < -0.39 is 0 Å². The van der Waals surface area contributed by atoms with E-state index in [1.165, 1.54) is 25.7 Å². The van der Waals surface area contributed by atoms with E-state index in [0.717, 1.165) is 11.3 Å². The summed E-state index contributed by atoms with van der Waals surface area (Å²) in [5, 5.41) is 3.03. The fourth-order valence-electron chi connectivity index (χ4n) is 2.64. The molecule has 1 saturated carbocycles. The minimum Gasteiger partial charge on any atom is -0.369 e. The number of benzene rings is 1. The summed E-state index contributed by atoms with van der Waals surface area (Å²) in [4.78, 5) is 2.10. The Kier molecular flexibility index (Phi) is 4.00. The Morgan fingerprint density at radius 1 is 1.35 bits per heavy atom. The minimum absolute atomic E-state index is 0.104. The monoisotopic (exact) mass is 236 g/mol. The molecule has 94 valence electrons. The van der Waals surface area contributed by atoms with Crippen LogP contribution < -0.4 is 10.2 Å². The van der Waals surface area contributed by atoms with Gasteiger partial charge in [-0.15, -0.1) is 0 Å². The normalized spacial score (nSPS) is 16.4. The van der Waals surface area contributed by atoms with Crippen LogP contribution in [0.2, 0.25) is 0 Å². The first kappa shape index (κ1) is 12.4. The van der Waals surface area contributed by atoms with Crippen molar-refractivity contribution >= 4 is 5.69 Å². The molecule has 0 aromatic heterocycles. The highest BCUT2D eigenvalue weighted by atomic mass is 19.1. The lowest BCUT2D eigenvalue weighted by molar-refractivity contribution is 0.593. The van der Waals surface area contributed by atoms with E-state index >= 15 is 0 Å². The Morgan fingerprint density at radius 2 is 2.06 bits per heavy atom. The van der Waals surface area contributed by atoms with E-state index in [1.807, 2.05) is 26.2 Å². The quantitative estimate of drug-likeness (QED) is 0.864. The molecule has 1 aliphatic carbocycles. The van der Waals surface area contributed by atoms with E-state index in [4.69, 9.17) is 0 Å². The molecule has 2 nitrogen and oxygen atoms in total. The molecule has 1 aromatic carbocycles. The zero-order chi connectivity index (χ0) is 12.3. The molecule has 0 heterocycles. The first-order valence-electron chi connectivity index (χ1n) is 6.38. The molecule has 2 rings (SSSR count). The van der Waals surface area contributed by atoms with Crippen molar-refractivity contribution in [2.45, 2.75) is 38.3 Å². The van der Waals surface area contributed by atoms with Crippen molar-refractivity contribution in [2.75, 3.05) is 19.0 Å². The first-order chi connectivity index (χ1) is 8.22. The lowest BCUT2D eigenvalue weighted by Gasteiger charge is -2.27. The number of nitrogens with zero attached hydrogens (tertiary/aromatic N) is 1. The number of halogens is 1. The van der Waals surface area contributed by atoms with Crippen molar-refractivity contribution in [3.05, 3.63) is 29.6 Å². The molecular weight excluding hydrogens is 215 g/mol. The zero-order valence-electron chi connectivity index (χ0n) is 10.7. The minimum atomic E-state index is -0.104. The predicted octanol–water partition coefficient (Wildman–Crippen LogP) is 2.92. The van der Waals surface area contributed by atoms with Crippen LogP contribution in [0.4, 0.5) is 10.1 Å². The molecule has 0 radical (unpaired) electrons. The van der Waals surface area contributed by atoms with Crippen LogP contribution in [-0.4, -0.2) is 20.1 Å². The van der Waals surface area contributed by atoms with Crippen molar-refractivity contribution in [1.29, 1.82) is 0 Å². The van der Waals surface area contributed by atoms with Crippen molar-refractivity contribution in [3.63, 3.8) is 0 Å². The molecule has 0 amide bonds. The van der Waals surface area contributed by atoms with Crippen LogP contribution in [0.3, 0.4) is 0 Å². The third kappa shape index (κ3) is 2.78. The molecule has 0 bridgehead atoms. The van der Waals surface area contributed by atoms with Crippen LogP contribution in [0.25, 0.3) is 0 Å². The Labute approximate surface area is 103 Å². The average molecular weight is 236 g/mol. The van der Waals surface area contributed by atoms with Crippen molar-refractivity contribution < 1.29 is 4.39 Å². The van der Waals surface area contributed by atoms with Gasteiger partial charge in [-0.1, -0.05) is 18.9 Å². The molecule has 1 N–H and O–H groups in total. The van der Waals surface area contributed by atoms with Gasteiger partial charge >= 0.3 is 0 Å². The highest BCUT2D eigenvalue weighted by Gasteiger charge is 2.21. The van der Waals surface area contributed by atoms with Gasteiger partial charge in [0.15, 0.2) is 0 Å². The maximum absolute atomic E-state index is 14.0. The molecule has 1 aliphatic rings. The molecule has 0 saturated heterocycles. The summed E-state index contributed by atoms with van der Waals surface area (Å²) in [6, 6.07) is 6.05. The summed E-state index contributed by atoms with van der Waals surface area (Å²) < 4.78 is 14.0. The topological polar surface area (TPSA) is 15.3 Å². The van der Waals surface area contributed by atoms with Crippen LogP contribution in [0.15, 0.2) is 18.2 Å². The van der Waals surface area contributed by atoms with E-state index in [0.29, 0.717) is 12.6 Å². The summed E-state index contributed by atoms with van der Waals surface area (Å²) in [6.45, 7) is 0.713. The smallest absolute Gasteiger partial charge is 0.146 e. The van der Waals surface area contributed by atoms with Gasteiger partial charge in [-0.25, -0.2) is 4.39 Å². The van der Waals surface area contributed by atoms with Crippen LogP contribution in [-0.2, 0) is 6.54 Å². The van der Waals surface area contributed by atoms with Crippen molar-refractivity contribution in [2.24, 2.45) is 0 Å². The lowest BCUT2D eigenvalue weighted by atomic mass is 10.1. The second-order valence-electron chi connectivity index (χ2n) is 4.87. The Hall–Kier alpha value is -1.09. The number of hydrogen-bond acceptors (Lipinski definition) is 2. The fourth-order valence-corrected chi connectivity index (χ4v) is 2.64. The molecule has 1 aromatic rings. The predicted molar refractivity (Wildman–Crippen MR) is 69.8 cm³/mol. The van der Waals surface area contributed by atoms with Crippen LogP contribution >= 0.6 is 0 Å². The highest BCUT2D eigenvalue weighted by molar-refractivity contribution is 5.49. The summed E-state index contributed by atoms with van der Waals surface area (Å²) >= 11 is 0. The largest absolute Gasteiger partial charge is 0.369 e. The van der Waals surface area contributed by atoms with Gasteiger partial charge in [-0.2, -0.15) is 0 Å². The number of nitrogens with one attached hydrogen (secondary N) is 1. The Morgan fingerprint density at radius 3 is 2.65 bits per heavy atom. The molecule has 0 spiro atoms. The van der Waals surface area contributed by atoms with Gasteiger partial charge in [0.05, 0.1) is 5.69 Å². The lowest BCUT2D eigenvalue weighted by Crippen LogP contribution is -2.29. The maximum atomic E-state index is 14.0. The first-order valence-corrected chi connectivity index (χ1v) is 6.38. The highest BCUT2D eigenvalue weighted by Crippen LogP contribution is 2.28. The average Bonchev–Trinajstić information content (AvgIpc) is 2.82. The molecule has 1 fully saturated rings. The molecular formula is C14H21FN2. The summed E-state index contributed by atoms with van der Waals surface area (Å²) in [5.41, 5.74) is 1.73. The summed E-state index contributed by atoms with van der Waals surface area (Å²) in [6.07, 6.45) is 4.92. The fraction of sp³-hybridized carbons (Fsp3) is 0.571. The van der Waals surface area contributed by atoms with E-state index in [-0.39, 0.29) is 5.82 Å².